The first kappa shape index (κ1) is 30.4. The van der Waals surface area contributed by atoms with Gasteiger partial charge < -0.3 is 10.2 Å². The number of nitrogens with one attached hydrogen (secondary N) is 1. The molecular formula is C35H36Cl2N2O2. The van der Waals surface area contributed by atoms with E-state index < -0.39 is 6.04 Å². The van der Waals surface area contributed by atoms with Gasteiger partial charge >= 0.3 is 0 Å². The molecule has 6 heteroatoms. The molecule has 0 aliphatic rings. The highest BCUT2D eigenvalue weighted by atomic mass is 35.5. The first-order valence-electron chi connectivity index (χ1n) is 14.1. The third kappa shape index (κ3) is 8.45. The molecule has 2 amide bonds. The maximum Gasteiger partial charge on any atom is 0.243 e. The van der Waals surface area contributed by atoms with Gasteiger partial charge in [0, 0.05) is 47.5 Å². The van der Waals surface area contributed by atoms with Crippen molar-refractivity contribution >= 4 is 35.0 Å². The molecule has 4 nitrogen and oxygen atoms in total. The summed E-state index contributed by atoms with van der Waals surface area (Å²) in [6.07, 6.45) is 2.37. The first-order chi connectivity index (χ1) is 20.0. The number of carbonyl (C=O) groups excluding carboxylic acids is 2. The van der Waals surface area contributed by atoms with E-state index in [1.807, 2.05) is 91.0 Å². The predicted molar refractivity (Wildman–Crippen MR) is 168 cm³/mol. The van der Waals surface area contributed by atoms with Crippen LogP contribution in [0, 0.1) is 0 Å². The Hall–Kier alpha value is -3.60. The predicted octanol–water partition coefficient (Wildman–Crippen LogP) is 8.07. The van der Waals surface area contributed by atoms with E-state index in [1.54, 1.807) is 23.1 Å². The van der Waals surface area contributed by atoms with Gasteiger partial charge in [0.15, 0.2) is 0 Å². The highest BCUT2D eigenvalue weighted by Crippen LogP contribution is 2.32. The van der Waals surface area contributed by atoms with Gasteiger partial charge in [-0.15, -0.1) is 0 Å². The van der Waals surface area contributed by atoms with Crippen molar-refractivity contribution in [1.29, 1.82) is 0 Å². The minimum absolute atomic E-state index is 0.117. The van der Waals surface area contributed by atoms with E-state index in [9.17, 15) is 9.59 Å². The van der Waals surface area contributed by atoms with Gasteiger partial charge in [0.2, 0.25) is 11.8 Å². The first-order valence-corrected chi connectivity index (χ1v) is 14.9. The van der Waals surface area contributed by atoms with E-state index in [0.29, 0.717) is 28.6 Å². The van der Waals surface area contributed by atoms with Crippen molar-refractivity contribution in [3.8, 4) is 0 Å². The molecule has 0 aromatic heterocycles. The Bertz CT molecular complexity index is 1340. The Morgan fingerprint density at radius 2 is 1.29 bits per heavy atom. The number of hydrogen-bond donors (Lipinski definition) is 1. The maximum atomic E-state index is 14.5. The summed E-state index contributed by atoms with van der Waals surface area (Å²) in [6.45, 7) is 2.74. The van der Waals surface area contributed by atoms with Crippen molar-refractivity contribution < 1.29 is 9.59 Å². The molecule has 1 N–H and O–H groups in total. The number of carbonyl (C=O) groups is 2. The third-order valence-corrected chi connectivity index (χ3v) is 7.98. The van der Waals surface area contributed by atoms with Gasteiger partial charge in [-0.1, -0.05) is 134 Å². The smallest absolute Gasteiger partial charge is 0.243 e. The van der Waals surface area contributed by atoms with Crippen molar-refractivity contribution in [2.75, 3.05) is 6.54 Å². The number of nitrogens with zero attached hydrogens (tertiary/aromatic N) is 1. The summed E-state index contributed by atoms with van der Waals surface area (Å²) < 4.78 is 0. The highest BCUT2D eigenvalue weighted by molar-refractivity contribution is 6.36. The SMILES string of the molecule is CCCCNC(=O)[C@@H](Cc1ccccc1)N(Cc1c(Cl)cccc1Cl)C(=O)CC(c1ccccc1)c1ccccc1. The Labute approximate surface area is 253 Å². The Balaban J connectivity index is 1.75. The van der Waals surface area contributed by atoms with Gasteiger partial charge in [-0.25, -0.2) is 0 Å². The van der Waals surface area contributed by atoms with Crippen LogP contribution in [0.4, 0.5) is 0 Å². The number of unbranched alkanes of at least 4 members (excludes halogenated alkanes) is 1. The molecule has 1 atom stereocenters. The molecule has 0 aliphatic carbocycles. The summed E-state index contributed by atoms with van der Waals surface area (Å²) in [7, 11) is 0. The fourth-order valence-corrected chi connectivity index (χ4v) is 5.52. The molecule has 0 heterocycles. The molecule has 0 saturated heterocycles. The van der Waals surface area contributed by atoms with Crippen molar-refractivity contribution in [1.82, 2.24) is 10.2 Å². The molecule has 0 radical (unpaired) electrons. The van der Waals surface area contributed by atoms with Crippen molar-refractivity contribution in [2.45, 2.75) is 51.1 Å². The summed E-state index contributed by atoms with van der Waals surface area (Å²) in [5.41, 5.74) is 3.66. The molecule has 0 unspecified atom stereocenters. The molecule has 0 spiro atoms. The van der Waals surface area contributed by atoms with Gasteiger partial charge in [-0.3, -0.25) is 9.59 Å². The molecule has 4 rings (SSSR count). The molecule has 0 aliphatic heterocycles. The van der Waals surface area contributed by atoms with Crippen LogP contribution in [-0.4, -0.2) is 29.3 Å². The summed E-state index contributed by atoms with van der Waals surface area (Å²) in [4.78, 5) is 29.9. The number of halogens is 2. The minimum atomic E-state index is -0.749. The topological polar surface area (TPSA) is 49.4 Å². The average molecular weight is 588 g/mol. The average Bonchev–Trinajstić information content (AvgIpc) is 3.00. The zero-order chi connectivity index (χ0) is 29.0. The Kier molecular flexibility index (Phi) is 11.4. The lowest BCUT2D eigenvalue weighted by molar-refractivity contribution is -0.141. The van der Waals surface area contributed by atoms with Crippen LogP contribution in [0.25, 0.3) is 0 Å². The van der Waals surface area contributed by atoms with Crippen molar-refractivity contribution in [3.05, 3.63) is 141 Å². The summed E-state index contributed by atoms with van der Waals surface area (Å²) in [5.74, 6) is -0.519. The highest BCUT2D eigenvalue weighted by Gasteiger charge is 2.33. The molecule has 4 aromatic rings. The van der Waals surface area contributed by atoms with Gasteiger partial charge in [0.25, 0.3) is 0 Å². The zero-order valence-corrected chi connectivity index (χ0v) is 24.8. The van der Waals surface area contributed by atoms with Gasteiger partial charge in [0.05, 0.1) is 0 Å². The van der Waals surface area contributed by atoms with E-state index >= 15 is 0 Å². The van der Waals surface area contributed by atoms with Crippen LogP contribution in [0.2, 0.25) is 10.0 Å². The van der Waals surface area contributed by atoms with Crippen molar-refractivity contribution in [2.24, 2.45) is 0 Å². The number of benzene rings is 4. The van der Waals surface area contributed by atoms with Gasteiger partial charge in [-0.2, -0.15) is 0 Å². The lowest BCUT2D eigenvalue weighted by Gasteiger charge is -2.33. The van der Waals surface area contributed by atoms with E-state index in [1.165, 1.54) is 0 Å². The fourth-order valence-electron chi connectivity index (χ4n) is 5.00. The van der Waals surface area contributed by atoms with Crippen LogP contribution < -0.4 is 5.32 Å². The fraction of sp³-hybridized carbons (Fsp3) is 0.257. The van der Waals surface area contributed by atoms with Gasteiger partial charge in [0.1, 0.15) is 6.04 Å². The van der Waals surface area contributed by atoms with Gasteiger partial charge in [-0.05, 0) is 35.2 Å². The molecule has 212 valence electrons. The lowest BCUT2D eigenvalue weighted by Crippen LogP contribution is -2.51. The minimum Gasteiger partial charge on any atom is -0.354 e. The molecular weight excluding hydrogens is 551 g/mol. The largest absolute Gasteiger partial charge is 0.354 e. The summed E-state index contributed by atoms with van der Waals surface area (Å²) in [6, 6.07) is 34.4. The van der Waals surface area contributed by atoms with Crippen LogP contribution in [0.5, 0.6) is 0 Å². The second kappa shape index (κ2) is 15.4. The van der Waals surface area contributed by atoms with E-state index in [2.05, 4.69) is 12.2 Å². The van der Waals surface area contributed by atoms with Crippen molar-refractivity contribution in [3.63, 3.8) is 0 Å². The second-order valence-electron chi connectivity index (χ2n) is 10.2. The van der Waals surface area contributed by atoms with Crippen LogP contribution in [0.15, 0.2) is 109 Å². The maximum absolute atomic E-state index is 14.5. The van der Waals surface area contributed by atoms with Crippen LogP contribution in [0.1, 0.15) is 54.4 Å². The quantitative estimate of drug-likeness (QED) is 0.161. The normalized spacial score (nSPS) is 11.7. The molecule has 41 heavy (non-hydrogen) atoms. The Morgan fingerprint density at radius 3 is 1.83 bits per heavy atom. The molecule has 0 fully saturated rings. The second-order valence-corrected chi connectivity index (χ2v) is 11.0. The van der Waals surface area contributed by atoms with E-state index in [4.69, 9.17) is 23.2 Å². The number of amides is 2. The van der Waals surface area contributed by atoms with Crippen LogP contribution in [-0.2, 0) is 22.6 Å². The number of hydrogen-bond acceptors (Lipinski definition) is 2. The molecule has 0 bridgehead atoms. The molecule has 4 aromatic carbocycles. The van der Waals surface area contributed by atoms with E-state index in [-0.39, 0.29) is 30.7 Å². The van der Waals surface area contributed by atoms with Crippen LogP contribution >= 0.6 is 23.2 Å². The third-order valence-electron chi connectivity index (χ3n) is 7.27. The van der Waals surface area contributed by atoms with Crippen LogP contribution in [0.3, 0.4) is 0 Å². The standard InChI is InChI=1S/C35H36Cl2N2O2/c1-2-3-22-38-35(41)33(23-26-14-7-4-8-15-26)39(25-30-31(36)20-13-21-32(30)37)34(40)24-29(27-16-9-5-10-17-27)28-18-11-6-12-19-28/h4-21,29,33H,2-3,22-25H2,1H3,(H,38,41)/t33-/m1/s1. The molecule has 0 saturated carbocycles. The zero-order valence-electron chi connectivity index (χ0n) is 23.3. The van der Waals surface area contributed by atoms with E-state index in [0.717, 1.165) is 29.5 Å². The number of rotatable bonds is 13. The lowest BCUT2D eigenvalue weighted by atomic mass is 9.87. The Morgan fingerprint density at radius 1 is 0.756 bits per heavy atom. The summed E-state index contributed by atoms with van der Waals surface area (Å²) >= 11 is 13.2. The monoisotopic (exact) mass is 586 g/mol. The summed E-state index contributed by atoms with van der Waals surface area (Å²) in [5, 5.41) is 3.99.